The summed E-state index contributed by atoms with van der Waals surface area (Å²) >= 11 is 0. The van der Waals surface area contributed by atoms with Crippen LogP contribution in [0.25, 0.3) is 22.3 Å². The second kappa shape index (κ2) is 6.62. The number of hydrogen-bond acceptors (Lipinski definition) is 1. The molecule has 3 aromatic rings. The summed E-state index contributed by atoms with van der Waals surface area (Å²) in [4.78, 5) is 11.5. The third-order valence-corrected chi connectivity index (χ3v) is 3.66. The number of carbonyl (C=O) groups excluding carboxylic acids is 1. The van der Waals surface area contributed by atoms with Crippen LogP contribution in [0.3, 0.4) is 0 Å². The number of nitrogens with one attached hydrogen (secondary N) is 1. The molecule has 0 atom stereocenters. The number of hydrogen-bond donors (Lipinski definition) is 1. The van der Waals surface area contributed by atoms with Crippen LogP contribution in [-0.4, -0.2) is 5.91 Å². The molecule has 3 aromatic carbocycles. The van der Waals surface area contributed by atoms with Crippen molar-refractivity contribution in [1.29, 1.82) is 0 Å². The standard InChI is InChI=1S/C20H15F2NO/c1-13(24)23-19-4-2-3-18(14-5-9-16(21)10-6-14)20(19)15-7-11-17(22)12-8-15/h2-12H,1H3,(H,23,24). The van der Waals surface area contributed by atoms with E-state index in [4.69, 9.17) is 0 Å². The molecule has 0 aliphatic heterocycles. The van der Waals surface area contributed by atoms with E-state index in [-0.39, 0.29) is 17.5 Å². The van der Waals surface area contributed by atoms with Gasteiger partial charge < -0.3 is 5.32 Å². The van der Waals surface area contributed by atoms with E-state index in [1.807, 2.05) is 12.1 Å². The second-order valence-electron chi connectivity index (χ2n) is 5.42. The molecule has 0 aromatic heterocycles. The molecule has 120 valence electrons. The van der Waals surface area contributed by atoms with Crippen LogP contribution in [0.15, 0.2) is 66.7 Å². The summed E-state index contributed by atoms with van der Waals surface area (Å²) in [6.45, 7) is 1.43. The van der Waals surface area contributed by atoms with Gasteiger partial charge in [-0.2, -0.15) is 0 Å². The predicted molar refractivity (Wildman–Crippen MR) is 91.5 cm³/mol. The Morgan fingerprint density at radius 1 is 0.792 bits per heavy atom. The summed E-state index contributed by atoms with van der Waals surface area (Å²) in [6, 6.07) is 17.7. The predicted octanol–water partition coefficient (Wildman–Crippen LogP) is 5.26. The Bertz CT molecular complexity index is 871. The van der Waals surface area contributed by atoms with Gasteiger partial charge in [-0.25, -0.2) is 8.78 Å². The smallest absolute Gasteiger partial charge is 0.221 e. The Kier molecular flexibility index (Phi) is 4.38. The van der Waals surface area contributed by atoms with E-state index in [9.17, 15) is 13.6 Å². The molecule has 1 amide bonds. The molecule has 2 nitrogen and oxygen atoms in total. The molecular weight excluding hydrogens is 308 g/mol. The van der Waals surface area contributed by atoms with Crippen LogP contribution in [0.1, 0.15) is 6.92 Å². The van der Waals surface area contributed by atoms with Gasteiger partial charge in [-0.3, -0.25) is 4.79 Å². The lowest BCUT2D eigenvalue weighted by molar-refractivity contribution is -0.114. The second-order valence-corrected chi connectivity index (χ2v) is 5.42. The Morgan fingerprint density at radius 2 is 1.33 bits per heavy atom. The summed E-state index contributed by atoms with van der Waals surface area (Å²) in [7, 11) is 0. The van der Waals surface area contributed by atoms with E-state index in [2.05, 4.69) is 5.32 Å². The van der Waals surface area contributed by atoms with Crippen molar-refractivity contribution >= 4 is 11.6 Å². The third kappa shape index (κ3) is 3.33. The summed E-state index contributed by atoms with van der Waals surface area (Å²) in [5.41, 5.74) is 3.78. The molecule has 4 heteroatoms. The molecule has 0 aliphatic carbocycles. The average molecular weight is 323 g/mol. The molecule has 0 heterocycles. The van der Waals surface area contributed by atoms with E-state index >= 15 is 0 Å². The van der Waals surface area contributed by atoms with Crippen molar-refractivity contribution in [1.82, 2.24) is 0 Å². The lowest BCUT2D eigenvalue weighted by Gasteiger charge is -2.16. The Hall–Kier alpha value is -3.01. The molecule has 0 saturated carbocycles. The first-order chi connectivity index (χ1) is 11.5. The Morgan fingerprint density at radius 3 is 1.88 bits per heavy atom. The van der Waals surface area contributed by atoms with Gasteiger partial charge in [0.2, 0.25) is 5.91 Å². The van der Waals surface area contributed by atoms with Gasteiger partial charge in [-0.15, -0.1) is 0 Å². The lowest BCUT2D eigenvalue weighted by Crippen LogP contribution is -2.07. The largest absolute Gasteiger partial charge is 0.326 e. The molecule has 0 aliphatic rings. The minimum atomic E-state index is -0.334. The zero-order chi connectivity index (χ0) is 17.1. The van der Waals surface area contributed by atoms with E-state index in [0.29, 0.717) is 5.69 Å². The molecule has 0 unspecified atom stereocenters. The monoisotopic (exact) mass is 323 g/mol. The van der Waals surface area contributed by atoms with Gasteiger partial charge in [0.25, 0.3) is 0 Å². The van der Waals surface area contributed by atoms with Crippen molar-refractivity contribution in [2.24, 2.45) is 0 Å². The van der Waals surface area contributed by atoms with Crippen molar-refractivity contribution < 1.29 is 13.6 Å². The zero-order valence-corrected chi connectivity index (χ0v) is 13.0. The highest BCUT2D eigenvalue weighted by Gasteiger charge is 2.13. The summed E-state index contributed by atoms with van der Waals surface area (Å²) in [6.07, 6.45) is 0. The normalized spacial score (nSPS) is 10.5. The maximum absolute atomic E-state index is 13.3. The number of benzene rings is 3. The van der Waals surface area contributed by atoms with Gasteiger partial charge >= 0.3 is 0 Å². The number of amides is 1. The van der Waals surface area contributed by atoms with Crippen LogP contribution >= 0.6 is 0 Å². The van der Waals surface area contributed by atoms with Crippen LogP contribution in [-0.2, 0) is 4.79 Å². The van der Waals surface area contributed by atoms with Crippen LogP contribution in [0.5, 0.6) is 0 Å². The highest BCUT2D eigenvalue weighted by Crippen LogP contribution is 2.38. The third-order valence-electron chi connectivity index (χ3n) is 3.66. The molecular formula is C20H15F2NO. The van der Waals surface area contributed by atoms with Crippen LogP contribution in [0.2, 0.25) is 0 Å². The van der Waals surface area contributed by atoms with Gasteiger partial charge in [0, 0.05) is 18.2 Å². The molecule has 0 bridgehead atoms. The fourth-order valence-corrected chi connectivity index (χ4v) is 2.64. The maximum Gasteiger partial charge on any atom is 0.221 e. The number of halogens is 2. The van der Waals surface area contributed by atoms with Gasteiger partial charge in [0.1, 0.15) is 11.6 Å². The molecule has 1 N–H and O–H groups in total. The van der Waals surface area contributed by atoms with Gasteiger partial charge in [0.05, 0.1) is 0 Å². The molecule has 0 radical (unpaired) electrons. The Balaban J connectivity index is 2.22. The van der Waals surface area contributed by atoms with Crippen molar-refractivity contribution in [3.8, 4) is 22.3 Å². The summed E-state index contributed by atoms with van der Waals surface area (Å²) in [5, 5.41) is 2.80. The van der Waals surface area contributed by atoms with E-state index in [1.54, 1.807) is 30.3 Å². The molecule has 0 spiro atoms. The summed E-state index contributed by atoms with van der Waals surface area (Å²) in [5.74, 6) is -0.853. The van der Waals surface area contributed by atoms with Crippen molar-refractivity contribution in [3.63, 3.8) is 0 Å². The topological polar surface area (TPSA) is 29.1 Å². The van der Waals surface area contributed by atoms with Crippen LogP contribution < -0.4 is 5.32 Å². The lowest BCUT2D eigenvalue weighted by atomic mass is 9.93. The van der Waals surface area contributed by atoms with Crippen molar-refractivity contribution in [3.05, 3.63) is 78.4 Å². The van der Waals surface area contributed by atoms with Crippen molar-refractivity contribution in [2.45, 2.75) is 6.92 Å². The first kappa shape index (κ1) is 15.9. The Labute approximate surface area is 138 Å². The average Bonchev–Trinajstić information content (AvgIpc) is 2.56. The minimum Gasteiger partial charge on any atom is -0.326 e. The van der Waals surface area contributed by atoms with E-state index in [0.717, 1.165) is 22.3 Å². The number of rotatable bonds is 3. The number of carbonyl (C=O) groups is 1. The maximum atomic E-state index is 13.3. The fraction of sp³-hybridized carbons (Fsp3) is 0.0500. The first-order valence-electron chi connectivity index (χ1n) is 7.47. The van der Waals surface area contributed by atoms with E-state index < -0.39 is 0 Å². The fourth-order valence-electron chi connectivity index (χ4n) is 2.64. The molecule has 3 rings (SSSR count). The molecule has 24 heavy (non-hydrogen) atoms. The quantitative estimate of drug-likeness (QED) is 0.700. The summed E-state index contributed by atoms with van der Waals surface area (Å²) < 4.78 is 26.5. The molecule has 0 fully saturated rings. The van der Waals surface area contributed by atoms with Gasteiger partial charge in [-0.05, 0) is 47.0 Å². The van der Waals surface area contributed by atoms with Crippen LogP contribution in [0.4, 0.5) is 14.5 Å². The minimum absolute atomic E-state index is 0.199. The van der Waals surface area contributed by atoms with Gasteiger partial charge in [-0.1, -0.05) is 36.4 Å². The SMILES string of the molecule is CC(=O)Nc1cccc(-c2ccc(F)cc2)c1-c1ccc(F)cc1. The first-order valence-corrected chi connectivity index (χ1v) is 7.47. The highest BCUT2D eigenvalue weighted by molar-refractivity contribution is 5.99. The highest BCUT2D eigenvalue weighted by atomic mass is 19.1. The van der Waals surface area contributed by atoms with Gasteiger partial charge in [0.15, 0.2) is 0 Å². The van der Waals surface area contributed by atoms with Crippen LogP contribution in [0, 0.1) is 11.6 Å². The van der Waals surface area contributed by atoms with Crippen molar-refractivity contribution in [2.75, 3.05) is 5.32 Å². The van der Waals surface area contributed by atoms with E-state index in [1.165, 1.54) is 31.2 Å². The molecule has 0 saturated heterocycles. The number of anilines is 1. The zero-order valence-electron chi connectivity index (χ0n) is 13.0.